The van der Waals surface area contributed by atoms with Gasteiger partial charge in [0.2, 0.25) is 0 Å². The fourth-order valence-corrected chi connectivity index (χ4v) is 2.28. The number of nitrogens with zero attached hydrogens (tertiary/aromatic N) is 1. The second kappa shape index (κ2) is 16.0. The molecular formula is C18H27F2NS. The van der Waals surface area contributed by atoms with Crippen molar-refractivity contribution >= 4 is 16.8 Å². The van der Waals surface area contributed by atoms with Crippen LogP contribution in [-0.2, 0) is 0 Å². The molecular weight excluding hydrogens is 300 g/mol. The summed E-state index contributed by atoms with van der Waals surface area (Å²) >= 11 is 1.54. The Morgan fingerprint density at radius 3 is 2.05 bits per heavy atom. The van der Waals surface area contributed by atoms with Crippen molar-refractivity contribution in [1.29, 1.82) is 0 Å². The van der Waals surface area contributed by atoms with E-state index in [9.17, 15) is 8.78 Å². The van der Waals surface area contributed by atoms with Gasteiger partial charge in [-0.1, -0.05) is 57.7 Å². The van der Waals surface area contributed by atoms with Gasteiger partial charge in [0, 0.05) is 11.9 Å². The quantitative estimate of drug-likeness (QED) is 0.267. The van der Waals surface area contributed by atoms with Crippen molar-refractivity contribution in [2.45, 2.75) is 38.5 Å². The fourth-order valence-electron chi connectivity index (χ4n) is 1.35. The summed E-state index contributed by atoms with van der Waals surface area (Å²) in [6.07, 6.45) is 5.86. The van der Waals surface area contributed by atoms with Crippen LogP contribution in [0.3, 0.4) is 0 Å². The molecule has 0 atom stereocenters. The molecule has 1 rings (SSSR count). The monoisotopic (exact) mass is 327 g/mol. The molecule has 4 heteroatoms. The van der Waals surface area contributed by atoms with Crippen LogP contribution >= 0.6 is 11.8 Å². The van der Waals surface area contributed by atoms with Crippen LogP contribution < -0.4 is 0 Å². The van der Waals surface area contributed by atoms with Gasteiger partial charge in [-0.25, -0.2) is 4.39 Å². The molecule has 0 aromatic heterocycles. The number of hydrogen-bond donors (Lipinski definition) is 0. The Balaban J connectivity index is 0. The molecule has 1 aromatic rings. The maximum absolute atomic E-state index is 12.8. The van der Waals surface area contributed by atoms with Gasteiger partial charge in [0.25, 0.3) is 0 Å². The Bertz CT molecular complexity index is 451. The zero-order valence-corrected chi connectivity index (χ0v) is 15.0. The molecule has 1 nitrogen and oxygen atoms in total. The Kier molecular flexibility index (Phi) is 16.6. The van der Waals surface area contributed by atoms with Crippen LogP contribution in [0.25, 0.3) is 0 Å². The Hall–Kier alpha value is -1.42. The zero-order chi connectivity index (χ0) is 17.4. The molecule has 0 aliphatic heterocycles. The highest BCUT2D eigenvalue weighted by Gasteiger charge is 2.06. The highest BCUT2D eigenvalue weighted by molar-refractivity contribution is 8.14. The van der Waals surface area contributed by atoms with Crippen molar-refractivity contribution in [3.63, 3.8) is 0 Å². The van der Waals surface area contributed by atoms with E-state index in [4.69, 9.17) is 0 Å². The van der Waals surface area contributed by atoms with Crippen molar-refractivity contribution in [2.24, 2.45) is 4.99 Å². The van der Waals surface area contributed by atoms with Crippen LogP contribution in [0.4, 0.5) is 8.78 Å². The largest absolute Gasteiger partial charge is 0.281 e. The topological polar surface area (TPSA) is 12.4 Å². The number of alkyl halides is 1. The van der Waals surface area contributed by atoms with E-state index in [2.05, 4.69) is 32.3 Å². The van der Waals surface area contributed by atoms with E-state index in [1.165, 1.54) is 30.3 Å². The molecule has 0 aliphatic rings. The molecule has 0 unspecified atom stereocenters. The van der Waals surface area contributed by atoms with E-state index in [0.717, 1.165) is 21.9 Å². The highest BCUT2D eigenvalue weighted by Crippen LogP contribution is 2.25. The lowest BCUT2D eigenvalue weighted by molar-refractivity contribution is 0.626. The van der Waals surface area contributed by atoms with Gasteiger partial charge in [0.05, 0.1) is 12.2 Å². The fraction of sp³-hybridized carbons (Fsp3) is 0.389. The first-order valence-electron chi connectivity index (χ1n) is 7.22. The second-order valence-electron chi connectivity index (χ2n) is 4.07. The number of allylic oxidation sites excluding steroid dienone is 2. The summed E-state index contributed by atoms with van der Waals surface area (Å²) in [6.45, 7) is 10.0. The molecule has 0 amide bonds. The van der Waals surface area contributed by atoms with E-state index in [1.54, 1.807) is 25.3 Å². The molecule has 22 heavy (non-hydrogen) atoms. The molecule has 0 radical (unpaired) electrons. The number of aliphatic imine (C=N–C) groups is 1. The SMILES string of the molecule is C=C/C=C(/CC)C(=NC)Sc1ccc(F)cc1.CCC.CF. The van der Waals surface area contributed by atoms with E-state index in [-0.39, 0.29) is 5.82 Å². The zero-order valence-electron chi connectivity index (χ0n) is 14.2. The standard InChI is InChI=1S/C14H16FNS.C3H8.CH3F/c1-4-6-11(5-2)14(16-3)17-13-9-7-12(15)8-10-13;1-3-2;1-2/h4,6-10H,1,5H2,2-3H3;3H2,1-2H3;1H3/b11-6-,16-14?;;. The molecule has 0 heterocycles. The van der Waals surface area contributed by atoms with Gasteiger partial charge in [-0.2, -0.15) is 0 Å². The predicted molar refractivity (Wildman–Crippen MR) is 97.2 cm³/mol. The summed E-state index contributed by atoms with van der Waals surface area (Å²) in [4.78, 5) is 5.25. The van der Waals surface area contributed by atoms with Gasteiger partial charge in [-0.15, -0.1) is 0 Å². The van der Waals surface area contributed by atoms with Gasteiger partial charge >= 0.3 is 0 Å². The van der Waals surface area contributed by atoms with Gasteiger partial charge in [0.1, 0.15) is 5.82 Å². The van der Waals surface area contributed by atoms with Crippen molar-refractivity contribution in [3.05, 3.63) is 54.4 Å². The summed E-state index contributed by atoms with van der Waals surface area (Å²) in [5.74, 6) is -0.221. The molecule has 0 N–H and O–H groups in total. The summed E-state index contributed by atoms with van der Waals surface area (Å²) in [5, 5.41) is 0.944. The molecule has 0 saturated heterocycles. The van der Waals surface area contributed by atoms with Gasteiger partial charge in [0.15, 0.2) is 0 Å². The minimum atomic E-state index is -0.221. The maximum atomic E-state index is 12.8. The smallest absolute Gasteiger partial charge is 0.123 e. The van der Waals surface area contributed by atoms with Crippen molar-refractivity contribution < 1.29 is 8.78 Å². The summed E-state index contributed by atoms with van der Waals surface area (Å²) in [7, 11) is 2.26. The van der Waals surface area contributed by atoms with Crippen LogP contribution in [0.1, 0.15) is 33.6 Å². The molecule has 0 bridgehead atoms. The van der Waals surface area contributed by atoms with Crippen LogP contribution in [-0.4, -0.2) is 19.3 Å². The molecule has 0 spiro atoms. The minimum Gasteiger partial charge on any atom is -0.281 e. The predicted octanol–water partition coefficient (Wildman–Crippen LogP) is 6.47. The molecule has 124 valence electrons. The lowest BCUT2D eigenvalue weighted by Gasteiger charge is -2.07. The van der Waals surface area contributed by atoms with E-state index >= 15 is 0 Å². The number of benzene rings is 1. The lowest BCUT2D eigenvalue weighted by Crippen LogP contribution is -1.97. The average molecular weight is 327 g/mol. The van der Waals surface area contributed by atoms with E-state index in [1.807, 2.05) is 6.08 Å². The first-order chi connectivity index (χ1) is 10.6. The van der Waals surface area contributed by atoms with Crippen LogP contribution in [0, 0.1) is 5.82 Å². The molecule has 0 saturated carbocycles. The summed E-state index contributed by atoms with van der Waals surface area (Å²) < 4.78 is 22.3. The van der Waals surface area contributed by atoms with Crippen molar-refractivity contribution in [3.8, 4) is 0 Å². The molecule has 0 aliphatic carbocycles. The highest BCUT2D eigenvalue weighted by atomic mass is 32.2. The molecule has 0 fully saturated rings. The van der Waals surface area contributed by atoms with Crippen LogP contribution in [0.15, 0.2) is 58.5 Å². The van der Waals surface area contributed by atoms with Crippen LogP contribution in [0.5, 0.6) is 0 Å². The third-order valence-electron chi connectivity index (χ3n) is 2.21. The number of halogens is 2. The number of hydrogen-bond acceptors (Lipinski definition) is 2. The Labute approximate surface area is 138 Å². The number of thioether (sulfide) groups is 1. The second-order valence-corrected chi connectivity index (χ2v) is 5.14. The third kappa shape index (κ3) is 10.3. The molecule has 1 aromatic carbocycles. The van der Waals surface area contributed by atoms with Crippen molar-refractivity contribution in [1.82, 2.24) is 0 Å². The maximum Gasteiger partial charge on any atom is 0.123 e. The minimum absolute atomic E-state index is 0.221. The third-order valence-corrected chi connectivity index (χ3v) is 3.35. The normalized spacial score (nSPS) is 10.9. The van der Waals surface area contributed by atoms with Gasteiger partial charge < -0.3 is 0 Å². The lowest BCUT2D eigenvalue weighted by atomic mass is 10.2. The first-order valence-corrected chi connectivity index (χ1v) is 8.04. The van der Waals surface area contributed by atoms with E-state index in [0.29, 0.717) is 7.18 Å². The van der Waals surface area contributed by atoms with Gasteiger partial charge in [-0.05, 0) is 36.3 Å². The Morgan fingerprint density at radius 2 is 1.68 bits per heavy atom. The average Bonchev–Trinajstić information content (AvgIpc) is 2.55. The summed E-state index contributed by atoms with van der Waals surface area (Å²) in [5.41, 5.74) is 1.14. The van der Waals surface area contributed by atoms with Gasteiger partial charge in [-0.3, -0.25) is 9.38 Å². The first kappa shape index (κ1) is 22.9. The Morgan fingerprint density at radius 1 is 1.18 bits per heavy atom. The van der Waals surface area contributed by atoms with Crippen molar-refractivity contribution in [2.75, 3.05) is 14.2 Å². The van der Waals surface area contributed by atoms with E-state index < -0.39 is 0 Å². The van der Waals surface area contributed by atoms with Crippen LogP contribution in [0.2, 0.25) is 0 Å². The summed E-state index contributed by atoms with van der Waals surface area (Å²) in [6, 6.07) is 6.43. The number of rotatable bonds is 4.